The quantitative estimate of drug-likeness (QED) is 0.475. The molecule has 0 bridgehead atoms. The fraction of sp³-hybridized carbons (Fsp3) is 0.480. The molecule has 2 atom stereocenters. The first-order valence-electron chi connectivity index (χ1n) is 10.8. The second-order valence-corrected chi connectivity index (χ2v) is 13.3. The highest BCUT2D eigenvalue weighted by Gasteiger charge is 2.50. The highest BCUT2D eigenvalue weighted by Crippen LogP contribution is 2.37. The van der Waals surface area contributed by atoms with E-state index in [0.29, 0.717) is 13.0 Å². The molecule has 0 aromatic heterocycles. The third-order valence-electron chi connectivity index (χ3n) is 5.97. The Balaban J connectivity index is 1.83. The third kappa shape index (κ3) is 5.06. The Kier molecular flexibility index (Phi) is 7.44. The van der Waals surface area contributed by atoms with Crippen LogP contribution in [0.15, 0.2) is 60.7 Å². The third-order valence-corrected chi connectivity index (χ3v) is 11.0. The van der Waals surface area contributed by atoms with Gasteiger partial charge < -0.3 is 14.0 Å². The molecule has 0 N–H and O–H groups in total. The van der Waals surface area contributed by atoms with Gasteiger partial charge in [-0.2, -0.15) is 0 Å². The van der Waals surface area contributed by atoms with Crippen molar-refractivity contribution in [2.45, 2.75) is 70.1 Å². The molecule has 0 saturated carbocycles. The van der Waals surface area contributed by atoms with Gasteiger partial charge in [0.05, 0.1) is 12.2 Å². The minimum atomic E-state index is -2.48. The van der Waals surface area contributed by atoms with Gasteiger partial charge in [0.1, 0.15) is 6.29 Å². The zero-order chi connectivity index (χ0) is 20.7. The number of hydrogen-bond acceptors (Lipinski definition) is 3. The SMILES string of the molecule is CC(C)(C)[Si](OCC[C@H]1CCC[C@H](CC=O)O1)(c1ccccc1)c1ccccc1. The van der Waals surface area contributed by atoms with E-state index < -0.39 is 8.32 Å². The van der Waals surface area contributed by atoms with E-state index >= 15 is 0 Å². The zero-order valence-electron chi connectivity index (χ0n) is 18.0. The molecule has 2 aromatic rings. The highest BCUT2D eigenvalue weighted by molar-refractivity contribution is 6.99. The van der Waals surface area contributed by atoms with Crippen LogP contribution < -0.4 is 10.4 Å². The van der Waals surface area contributed by atoms with Crippen LogP contribution in [0.2, 0.25) is 5.04 Å². The molecule has 4 heteroatoms. The fourth-order valence-electron chi connectivity index (χ4n) is 4.58. The molecule has 156 valence electrons. The van der Waals surface area contributed by atoms with E-state index in [1.165, 1.54) is 10.4 Å². The number of hydrogen-bond donors (Lipinski definition) is 0. The average Bonchev–Trinajstić information content (AvgIpc) is 2.72. The molecule has 1 heterocycles. The van der Waals surface area contributed by atoms with Crippen molar-refractivity contribution < 1.29 is 14.0 Å². The number of carbonyl (C=O) groups excluding carboxylic acids is 1. The summed E-state index contributed by atoms with van der Waals surface area (Å²) >= 11 is 0. The van der Waals surface area contributed by atoms with Crippen molar-refractivity contribution >= 4 is 25.0 Å². The predicted octanol–water partition coefficient (Wildman–Crippen LogP) is 4.48. The Bertz CT molecular complexity index is 715. The van der Waals surface area contributed by atoms with Crippen LogP contribution in [0.1, 0.15) is 52.9 Å². The molecule has 2 aromatic carbocycles. The Morgan fingerprint density at radius 1 is 0.966 bits per heavy atom. The van der Waals surface area contributed by atoms with Gasteiger partial charge in [0.2, 0.25) is 0 Å². The van der Waals surface area contributed by atoms with Crippen LogP contribution in [0.25, 0.3) is 0 Å². The summed E-state index contributed by atoms with van der Waals surface area (Å²) in [5.41, 5.74) is 0. The summed E-state index contributed by atoms with van der Waals surface area (Å²) in [5.74, 6) is 0. The molecule has 1 aliphatic rings. The van der Waals surface area contributed by atoms with Crippen LogP contribution in [0.3, 0.4) is 0 Å². The molecule has 1 fully saturated rings. The monoisotopic (exact) mass is 410 g/mol. The van der Waals surface area contributed by atoms with E-state index in [4.69, 9.17) is 9.16 Å². The Morgan fingerprint density at radius 3 is 2.03 bits per heavy atom. The smallest absolute Gasteiger partial charge is 0.261 e. The molecule has 0 radical (unpaired) electrons. The topological polar surface area (TPSA) is 35.5 Å². The molecule has 3 rings (SSSR count). The summed E-state index contributed by atoms with van der Waals surface area (Å²) in [6.07, 6.45) is 5.80. The van der Waals surface area contributed by atoms with Gasteiger partial charge in [0.15, 0.2) is 0 Å². The lowest BCUT2D eigenvalue weighted by Crippen LogP contribution is -2.66. The van der Waals surface area contributed by atoms with Crippen LogP contribution >= 0.6 is 0 Å². The lowest BCUT2D eigenvalue weighted by Gasteiger charge is -2.43. The fourth-order valence-corrected chi connectivity index (χ4v) is 9.16. The van der Waals surface area contributed by atoms with Gasteiger partial charge in [-0.15, -0.1) is 0 Å². The molecule has 0 unspecified atom stereocenters. The number of aldehydes is 1. The van der Waals surface area contributed by atoms with E-state index in [9.17, 15) is 4.79 Å². The van der Waals surface area contributed by atoms with Gasteiger partial charge in [-0.05, 0) is 41.1 Å². The molecular formula is C25H34O3Si. The molecule has 0 aliphatic carbocycles. The van der Waals surface area contributed by atoms with Gasteiger partial charge in [-0.3, -0.25) is 0 Å². The molecule has 1 aliphatic heterocycles. The minimum absolute atomic E-state index is 0.0107. The van der Waals surface area contributed by atoms with E-state index in [-0.39, 0.29) is 17.2 Å². The van der Waals surface area contributed by atoms with Gasteiger partial charge in [0.25, 0.3) is 8.32 Å². The molecule has 29 heavy (non-hydrogen) atoms. The van der Waals surface area contributed by atoms with Crippen LogP contribution in [0.4, 0.5) is 0 Å². The van der Waals surface area contributed by atoms with E-state index in [2.05, 4.69) is 81.4 Å². The lowest BCUT2D eigenvalue weighted by molar-refractivity contribution is -0.114. The molecule has 3 nitrogen and oxygen atoms in total. The second-order valence-electron chi connectivity index (χ2n) is 9.01. The van der Waals surface area contributed by atoms with Gasteiger partial charge in [-0.1, -0.05) is 81.4 Å². The standard InChI is InChI=1S/C25H34O3Si/c1-25(2,3)29(23-13-6-4-7-14-23,24-15-8-5-9-16-24)27-20-18-22-12-10-11-21(28-22)17-19-26/h4-9,13-16,19,21-22H,10-12,17-18,20H2,1-3H3/t21-,22-/m1/s1. The largest absolute Gasteiger partial charge is 0.407 e. The number of carbonyl (C=O) groups is 1. The van der Waals surface area contributed by atoms with Crippen molar-refractivity contribution in [1.29, 1.82) is 0 Å². The maximum Gasteiger partial charge on any atom is 0.261 e. The maximum atomic E-state index is 10.9. The van der Waals surface area contributed by atoms with Crippen molar-refractivity contribution in [3.05, 3.63) is 60.7 Å². The zero-order valence-corrected chi connectivity index (χ0v) is 19.0. The second kappa shape index (κ2) is 9.83. The normalized spacial score (nSPS) is 20.4. The maximum absolute atomic E-state index is 10.9. The van der Waals surface area contributed by atoms with Crippen LogP contribution in [0, 0.1) is 0 Å². The Hall–Kier alpha value is -1.75. The molecule has 0 spiro atoms. The van der Waals surface area contributed by atoms with Crippen molar-refractivity contribution in [1.82, 2.24) is 0 Å². The minimum Gasteiger partial charge on any atom is -0.407 e. The number of benzene rings is 2. The van der Waals surface area contributed by atoms with Crippen LogP contribution in [0.5, 0.6) is 0 Å². The van der Waals surface area contributed by atoms with Crippen molar-refractivity contribution in [3.63, 3.8) is 0 Å². The average molecular weight is 411 g/mol. The molecule has 1 saturated heterocycles. The molecular weight excluding hydrogens is 376 g/mol. The first-order chi connectivity index (χ1) is 14.0. The first kappa shape index (κ1) is 21.9. The lowest BCUT2D eigenvalue weighted by atomic mass is 10.0. The molecule has 0 amide bonds. The van der Waals surface area contributed by atoms with Gasteiger partial charge in [0, 0.05) is 13.0 Å². The van der Waals surface area contributed by atoms with Crippen molar-refractivity contribution in [3.8, 4) is 0 Å². The summed E-state index contributed by atoms with van der Waals surface area (Å²) in [6.45, 7) is 7.58. The summed E-state index contributed by atoms with van der Waals surface area (Å²) < 4.78 is 13.1. The summed E-state index contributed by atoms with van der Waals surface area (Å²) in [7, 11) is -2.48. The first-order valence-corrected chi connectivity index (χ1v) is 12.7. The highest BCUT2D eigenvalue weighted by atomic mass is 28.4. The number of rotatable bonds is 8. The predicted molar refractivity (Wildman–Crippen MR) is 121 cm³/mol. The summed E-state index contributed by atoms with van der Waals surface area (Å²) in [6, 6.07) is 21.5. The van der Waals surface area contributed by atoms with Crippen molar-refractivity contribution in [2.24, 2.45) is 0 Å². The Morgan fingerprint density at radius 2 is 1.52 bits per heavy atom. The van der Waals surface area contributed by atoms with E-state index in [1.54, 1.807) is 0 Å². The number of ether oxygens (including phenoxy) is 1. The van der Waals surface area contributed by atoms with E-state index in [1.807, 2.05) is 0 Å². The summed E-state index contributed by atoms with van der Waals surface area (Å²) in [5, 5.41) is 2.60. The van der Waals surface area contributed by atoms with Gasteiger partial charge >= 0.3 is 0 Å². The van der Waals surface area contributed by atoms with Crippen LogP contribution in [-0.2, 0) is 14.0 Å². The van der Waals surface area contributed by atoms with Crippen LogP contribution in [-0.4, -0.2) is 33.4 Å². The van der Waals surface area contributed by atoms with E-state index in [0.717, 1.165) is 32.0 Å². The van der Waals surface area contributed by atoms with Crippen molar-refractivity contribution in [2.75, 3.05) is 6.61 Å². The summed E-state index contributed by atoms with van der Waals surface area (Å²) in [4.78, 5) is 10.9. The Labute approximate surface area is 176 Å². The van der Waals surface area contributed by atoms with Gasteiger partial charge in [-0.25, -0.2) is 0 Å².